The summed E-state index contributed by atoms with van der Waals surface area (Å²) in [7, 11) is 1.80. The quantitative estimate of drug-likeness (QED) is 0.830. The molecular weight excluding hydrogens is 320 g/mol. The van der Waals surface area contributed by atoms with Crippen molar-refractivity contribution in [2.75, 3.05) is 26.8 Å². The first kappa shape index (κ1) is 17.4. The minimum absolute atomic E-state index is 0.0420. The van der Waals surface area contributed by atoms with Crippen LogP contribution in [0.1, 0.15) is 30.1 Å². The van der Waals surface area contributed by atoms with Crippen LogP contribution < -0.4 is 4.74 Å². The third kappa shape index (κ3) is 4.36. The molecule has 1 aliphatic heterocycles. The van der Waals surface area contributed by atoms with Crippen molar-refractivity contribution in [3.63, 3.8) is 0 Å². The summed E-state index contributed by atoms with van der Waals surface area (Å²) in [6.45, 7) is 3.57. The summed E-state index contributed by atoms with van der Waals surface area (Å²) in [4.78, 5) is 18.3. The molecule has 0 unspecified atom stereocenters. The number of carbonyl (C=O) groups excluding carboxylic acids is 1. The van der Waals surface area contributed by atoms with Gasteiger partial charge < -0.3 is 14.4 Å². The van der Waals surface area contributed by atoms with Gasteiger partial charge in [-0.3, -0.25) is 9.89 Å². The number of hydrogen-bond donors (Lipinski definition) is 1. The van der Waals surface area contributed by atoms with E-state index in [-0.39, 0.29) is 17.9 Å². The Morgan fingerprint density at radius 1 is 1.44 bits per heavy atom. The van der Waals surface area contributed by atoms with E-state index in [1.165, 1.54) is 6.33 Å². The van der Waals surface area contributed by atoms with Crippen LogP contribution in [0.2, 0.25) is 0 Å². The summed E-state index contributed by atoms with van der Waals surface area (Å²) >= 11 is 0. The van der Waals surface area contributed by atoms with Gasteiger partial charge in [-0.2, -0.15) is 5.10 Å². The summed E-state index contributed by atoms with van der Waals surface area (Å²) in [6.07, 6.45) is 2.67. The molecule has 1 aliphatic rings. The smallest absolute Gasteiger partial charge is 0.225 e. The number of nitrogens with zero attached hydrogens (tertiary/aromatic N) is 3. The van der Waals surface area contributed by atoms with E-state index in [0.29, 0.717) is 26.2 Å². The number of benzene rings is 1. The summed E-state index contributed by atoms with van der Waals surface area (Å²) in [5.74, 6) is 1.84. The molecule has 134 valence electrons. The first-order valence-corrected chi connectivity index (χ1v) is 8.54. The van der Waals surface area contributed by atoms with Crippen molar-refractivity contribution < 1.29 is 14.3 Å². The number of aromatic amines is 1. The average Bonchev–Trinajstić information content (AvgIpc) is 3.27. The summed E-state index contributed by atoms with van der Waals surface area (Å²) in [6, 6.07) is 7.80. The van der Waals surface area contributed by atoms with Crippen molar-refractivity contribution in [2.24, 2.45) is 0 Å². The molecule has 0 aliphatic carbocycles. The lowest BCUT2D eigenvalue weighted by atomic mass is 10.0. The molecule has 0 saturated carbocycles. The third-order valence-electron chi connectivity index (χ3n) is 4.54. The van der Waals surface area contributed by atoms with Crippen LogP contribution in [0.5, 0.6) is 5.75 Å². The molecule has 0 radical (unpaired) electrons. The number of aryl methyl sites for hydroxylation is 1. The molecule has 1 amide bonds. The van der Waals surface area contributed by atoms with E-state index in [1.54, 1.807) is 11.9 Å². The van der Waals surface area contributed by atoms with E-state index in [9.17, 15) is 4.79 Å². The van der Waals surface area contributed by atoms with Crippen molar-refractivity contribution in [1.82, 2.24) is 20.1 Å². The molecule has 2 aromatic rings. The predicted molar refractivity (Wildman–Crippen MR) is 92.4 cm³/mol. The highest BCUT2D eigenvalue weighted by Gasteiger charge is 2.33. The molecular formula is C18H24N4O3. The van der Waals surface area contributed by atoms with E-state index in [4.69, 9.17) is 9.47 Å². The van der Waals surface area contributed by atoms with Gasteiger partial charge >= 0.3 is 0 Å². The molecule has 3 rings (SSSR count). The van der Waals surface area contributed by atoms with Gasteiger partial charge in [-0.05, 0) is 25.0 Å². The summed E-state index contributed by atoms with van der Waals surface area (Å²) in [5.41, 5.74) is 1.07. The second-order valence-electron chi connectivity index (χ2n) is 6.31. The topological polar surface area (TPSA) is 80.3 Å². The van der Waals surface area contributed by atoms with Gasteiger partial charge in [-0.15, -0.1) is 0 Å². The maximum absolute atomic E-state index is 12.4. The van der Waals surface area contributed by atoms with Crippen molar-refractivity contribution in [3.8, 4) is 5.75 Å². The van der Waals surface area contributed by atoms with Gasteiger partial charge in [0.05, 0.1) is 19.1 Å². The van der Waals surface area contributed by atoms with Gasteiger partial charge in [-0.1, -0.05) is 18.2 Å². The highest BCUT2D eigenvalue weighted by molar-refractivity contribution is 5.76. The molecule has 1 aromatic carbocycles. The molecule has 25 heavy (non-hydrogen) atoms. The normalized spacial score (nSPS) is 19.8. The van der Waals surface area contributed by atoms with Gasteiger partial charge in [0.25, 0.3) is 0 Å². The van der Waals surface area contributed by atoms with Crippen LogP contribution in [0.4, 0.5) is 0 Å². The summed E-state index contributed by atoms with van der Waals surface area (Å²) < 4.78 is 11.5. The number of carbonyl (C=O) groups is 1. The predicted octanol–water partition coefficient (Wildman–Crippen LogP) is 1.91. The summed E-state index contributed by atoms with van der Waals surface area (Å²) in [5, 5.41) is 6.81. The van der Waals surface area contributed by atoms with Gasteiger partial charge in [0.1, 0.15) is 17.9 Å². The highest BCUT2D eigenvalue weighted by Crippen LogP contribution is 2.29. The lowest BCUT2D eigenvalue weighted by molar-refractivity contribution is -0.131. The fraction of sp³-hybridized carbons (Fsp3) is 0.500. The highest BCUT2D eigenvalue weighted by atomic mass is 16.5. The third-order valence-corrected chi connectivity index (χ3v) is 4.54. The Morgan fingerprint density at radius 3 is 3.04 bits per heavy atom. The Kier molecular flexibility index (Phi) is 5.65. The average molecular weight is 344 g/mol. The van der Waals surface area contributed by atoms with E-state index in [2.05, 4.69) is 15.2 Å². The van der Waals surface area contributed by atoms with E-state index in [1.807, 2.05) is 31.2 Å². The Balaban J connectivity index is 1.47. The van der Waals surface area contributed by atoms with Gasteiger partial charge in [0, 0.05) is 26.1 Å². The number of nitrogens with one attached hydrogen (secondary N) is 1. The monoisotopic (exact) mass is 344 g/mol. The van der Waals surface area contributed by atoms with Crippen LogP contribution in [0.25, 0.3) is 0 Å². The molecule has 7 heteroatoms. The number of hydrogen-bond acceptors (Lipinski definition) is 5. The number of aromatic nitrogens is 3. The van der Waals surface area contributed by atoms with E-state index >= 15 is 0 Å². The molecule has 7 nitrogen and oxygen atoms in total. The molecule has 0 bridgehead atoms. The van der Waals surface area contributed by atoms with E-state index < -0.39 is 0 Å². The maximum atomic E-state index is 12.4. The Labute approximate surface area is 147 Å². The molecule has 1 fully saturated rings. The number of amides is 1. The molecule has 2 heterocycles. The van der Waals surface area contributed by atoms with Crippen LogP contribution >= 0.6 is 0 Å². The number of likely N-dealkylation sites (N-methyl/N-ethyl adjacent to an activating group) is 1. The molecule has 1 N–H and O–H groups in total. The van der Waals surface area contributed by atoms with Crippen molar-refractivity contribution in [2.45, 2.75) is 31.8 Å². The molecule has 1 aromatic heterocycles. The van der Waals surface area contributed by atoms with Gasteiger partial charge in [0.2, 0.25) is 5.91 Å². The molecule has 1 saturated heterocycles. The van der Waals surface area contributed by atoms with Crippen LogP contribution in [0, 0.1) is 6.92 Å². The van der Waals surface area contributed by atoms with Crippen molar-refractivity contribution in [3.05, 3.63) is 42.0 Å². The van der Waals surface area contributed by atoms with Crippen LogP contribution in [-0.4, -0.2) is 58.9 Å². The number of para-hydroxylation sites is 1. The first-order valence-electron chi connectivity index (χ1n) is 8.54. The number of rotatable bonds is 7. The maximum Gasteiger partial charge on any atom is 0.225 e. The van der Waals surface area contributed by atoms with Crippen molar-refractivity contribution >= 4 is 5.91 Å². The largest absolute Gasteiger partial charge is 0.493 e. The standard InChI is InChI=1S/C18H24N4O3/c1-13-5-3-4-6-15(13)24-10-8-17(23)22(2)11-16-14(7-9-25-16)18-19-12-20-21-18/h3-6,12,14,16H,7-11H2,1-2H3,(H,19,20,21)/t14-,16-/m1/s1. The Hall–Kier alpha value is -2.41. The fourth-order valence-corrected chi connectivity index (χ4v) is 3.06. The lowest BCUT2D eigenvalue weighted by Gasteiger charge is -2.24. The second-order valence-corrected chi connectivity index (χ2v) is 6.31. The Morgan fingerprint density at radius 2 is 2.28 bits per heavy atom. The first-order chi connectivity index (χ1) is 12.1. The van der Waals surface area contributed by atoms with Gasteiger partial charge in [-0.25, -0.2) is 4.98 Å². The zero-order valence-corrected chi connectivity index (χ0v) is 14.6. The van der Waals surface area contributed by atoms with Crippen molar-refractivity contribution in [1.29, 1.82) is 0 Å². The zero-order valence-electron chi connectivity index (χ0n) is 14.6. The fourth-order valence-electron chi connectivity index (χ4n) is 3.06. The van der Waals surface area contributed by atoms with Gasteiger partial charge in [0.15, 0.2) is 0 Å². The van der Waals surface area contributed by atoms with E-state index in [0.717, 1.165) is 23.6 Å². The number of H-pyrrole nitrogens is 1. The van der Waals surface area contributed by atoms with Crippen LogP contribution in [0.3, 0.4) is 0 Å². The Bertz CT molecular complexity index is 689. The molecule has 0 spiro atoms. The zero-order chi connectivity index (χ0) is 17.6. The SMILES string of the molecule is Cc1ccccc1OCCC(=O)N(C)C[C@H]1OCC[C@H]1c1ncn[nH]1. The number of ether oxygens (including phenoxy) is 2. The molecule has 2 atom stereocenters. The minimum Gasteiger partial charge on any atom is -0.493 e. The lowest BCUT2D eigenvalue weighted by Crippen LogP contribution is -2.37. The van der Waals surface area contributed by atoms with Crippen LogP contribution in [-0.2, 0) is 9.53 Å². The van der Waals surface area contributed by atoms with Crippen LogP contribution in [0.15, 0.2) is 30.6 Å². The second kappa shape index (κ2) is 8.11. The minimum atomic E-state index is -0.0563.